The summed E-state index contributed by atoms with van der Waals surface area (Å²) in [6.45, 7) is 4.26. The molecule has 78 valence electrons. The molecule has 0 fully saturated rings. The van der Waals surface area contributed by atoms with E-state index in [1.165, 1.54) is 20.9 Å². The number of alkyl halides is 1. The van der Waals surface area contributed by atoms with Gasteiger partial charge in [0.15, 0.2) is 0 Å². The Labute approximate surface area is 103 Å². The fourth-order valence-corrected chi connectivity index (χ4v) is 3.11. The van der Waals surface area contributed by atoms with Crippen LogP contribution in [0, 0.1) is 13.8 Å². The average molecular weight is 281 g/mol. The summed E-state index contributed by atoms with van der Waals surface area (Å²) in [6, 6.07) is 13.0. The van der Waals surface area contributed by atoms with E-state index >= 15 is 0 Å². The maximum Gasteiger partial charge on any atom is 0.0738 e. The highest BCUT2D eigenvalue weighted by Gasteiger charge is 2.11. The van der Waals surface area contributed by atoms with E-state index in [1.54, 1.807) is 0 Å². The van der Waals surface area contributed by atoms with Crippen LogP contribution in [0.2, 0.25) is 0 Å². The molecule has 2 aromatic rings. The van der Waals surface area contributed by atoms with Gasteiger partial charge in [-0.1, -0.05) is 45.8 Å². The molecule has 0 saturated heterocycles. The summed E-state index contributed by atoms with van der Waals surface area (Å²) in [5, 5.41) is 0. The lowest BCUT2D eigenvalue weighted by Crippen LogP contribution is -1.88. The van der Waals surface area contributed by atoms with Crippen molar-refractivity contribution in [1.29, 1.82) is 0 Å². The molecular formula is C13H13BrS. The second-order valence-corrected chi connectivity index (χ2v) is 5.96. The smallest absolute Gasteiger partial charge is 0.0738 e. The third-order valence-corrected chi connectivity index (χ3v) is 4.77. The zero-order valence-corrected chi connectivity index (χ0v) is 11.2. The third-order valence-electron chi connectivity index (χ3n) is 2.38. The number of rotatable bonds is 2. The average Bonchev–Trinajstić information content (AvgIpc) is 2.65. The second-order valence-electron chi connectivity index (χ2n) is 3.72. The van der Waals surface area contributed by atoms with Gasteiger partial charge in [-0.05, 0) is 31.5 Å². The van der Waals surface area contributed by atoms with Crippen LogP contribution in [0.15, 0.2) is 36.4 Å². The van der Waals surface area contributed by atoms with Crippen molar-refractivity contribution >= 4 is 27.3 Å². The summed E-state index contributed by atoms with van der Waals surface area (Å²) in [5.74, 6) is 0. The molecule has 0 saturated carbocycles. The quantitative estimate of drug-likeness (QED) is 0.690. The van der Waals surface area contributed by atoms with E-state index in [-0.39, 0.29) is 0 Å². The Kier molecular flexibility index (Phi) is 3.27. The standard InChI is InChI=1S/C13H13BrS/c1-9-3-6-11(7-4-9)13(14)12-8-5-10(2)15-12/h3-8,13H,1-2H3. The molecular weight excluding hydrogens is 268 g/mol. The Bertz CT molecular complexity index is 442. The minimum absolute atomic E-state index is 0.330. The van der Waals surface area contributed by atoms with Gasteiger partial charge < -0.3 is 0 Å². The van der Waals surface area contributed by atoms with Gasteiger partial charge in [0.05, 0.1) is 4.83 Å². The van der Waals surface area contributed by atoms with Crippen LogP contribution >= 0.6 is 27.3 Å². The summed E-state index contributed by atoms with van der Waals surface area (Å²) in [6.07, 6.45) is 0. The largest absolute Gasteiger partial charge is 0.144 e. The maximum atomic E-state index is 3.74. The molecule has 0 aliphatic carbocycles. The van der Waals surface area contributed by atoms with Crippen molar-refractivity contribution in [3.8, 4) is 0 Å². The molecule has 0 aliphatic heterocycles. The molecule has 15 heavy (non-hydrogen) atoms. The first-order chi connectivity index (χ1) is 7.16. The van der Waals surface area contributed by atoms with Gasteiger partial charge in [-0.15, -0.1) is 11.3 Å². The monoisotopic (exact) mass is 280 g/mol. The van der Waals surface area contributed by atoms with Crippen LogP contribution in [0.25, 0.3) is 0 Å². The summed E-state index contributed by atoms with van der Waals surface area (Å²) in [5.41, 5.74) is 2.63. The summed E-state index contributed by atoms with van der Waals surface area (Å²) >= 11 is 5.59. The van der Waals surface area contributed by atoms with E-state index in [0.717, 1.165) is 0 Å². The Morgan fingerprint density at radius 3 is 2.20 bits per heavy atom. The van der Waals surface area contributed by atoms with Crippen LogP contribution in [0.1, 0.15) is 25.7 Å². The normalized spacial score (nSPS) is 12.7. The molecule has 2 heteroatoms. The van der Waals surface area contributed by atoms with Gasteiger partial charge in [-0.2, -0.15) is 0 Å². The van der Waals surface area contributed by atoms with Gasteiger partial charge in [0.2, 0.25) is 0 Å². The SMILES string of the molecule is Cc1ccc(C(Br)c2ccc(C)s2)cc1. The lowest BCUT2D eigenvalue weighted by atomic mass is 10.1. The molecule has 0 radical (unpaired) electrons. The Morgan fingerprint density at radius 2 is 1.67 bits per heavy atom. The summed E-state index contributed by atoms with van der Waals surface area (Å²) in [4.78, 5) is 3.06. The van der Waals surface area contributed by atoms with E-state index < -0.39 is 0 Å². The molecule has 0 spiro atoms. The highest BCUT2D eigenvalue weighted by Crippen LogP contribution is 2.34. The molecule has 1 atom stereocenters. The van der Waals surface area contributed by atoms with E-state index in [9.17, 15) is 0 Å². The molecule has 1 heterocycles. The van der Waals surface area contributed by atoms with E-state index in [1.807, 2.05) is 11.3 Å². The van der Waals surface area contributed by atoms with Gasteiger partial charge >= 0.3 is 0 Å². The Morgan fingerprint density at radius 1 is 1.00 bits per heavy atom. The molecule has 0 aliphatic rings. The fourth-order valence-electron chi connectivity index (χ4n) is 1.49. The number of hydrogen-bond donors (Lipinski definition) is 0. The van der Waals surface area contributed by atoms with Crippen molar-refractivity contribution in [2.75, 3.05) is 0 Å². The summed E-state index contributed by atoms with van der Waals surface area (Å²) < 4.78 is 0. The minimum Gasteiger partial charge on any atom is -0.144 e. The van der Waals surface area contributed by atoms with Crippen LogP contribution < -0.4 is 0 Å². The van der Waals surface area contributed by atoms with Crippen molar-refractivity contribution in [1.82, 2.24) is 0 Å². The third kappa shape index (κ3) is 2.50. The van der Waals surface area contributed by atoms with Gasteiger partial charge in [-0.25, -0.2) is 0 Å². The van der Waals surface area contributed by atoms with Gasteiger partial charge in [0.1, 0.15) is 0 Å². The Hall–Kier alpha value is -0.600. The molecule has 2 rings (SSSR count). The van der Waals surface area contributed by atoms with E-state index in [4.69, 9.17) is 0 Å². The first kappa shape index (κ1) is 10.9. The first-order valence-electron chi connectivity index (χ1n) is 4.94. The zero-order valence-electron chi connectivity index (χ0n) is 8.83. The van der Waals surface area contributed by atoms with Crippen molar-refractivity contribution < 1.29 is 0 Å². The Balaban J connectivity index is 2.28. The van der Waals surface area contributed by atoms with Gasteiger partial charge in [-0.3, -0.25) is 0 Å². The van der Waals surface area contributed by atoms with Crippen molar-refractivity contribution in [3.05, 3.63) is 57.3 Å². The molecule has 0 N–H and O–H groups in total. The topological polar surface area (TPSA) is 0 Å². The van der Waals surface area contributed by atoms with Crippen molar-refractivity contribution in [2.24, 2.45) is 0 Å². The number of benzene rings is 1. The molecule has 1 unspecified atom stereocenters. The van der Waals surface area contributed by atoms with Crippen LogP contribution in [0.4, 0.5) is 0 Å². The van der Waals surface area contributed by atoms with Crippen LogP contribution in [0.5, 0.6) is 0 Å². The van der Waals surface area contributed by atoms with E-state index in [0.29, 0.717) is 4.83 Å². The number of hydrogen-bond acceptors (Lipinski definition) is 1. The van der Waals surface area contributed by atoms with Gasteiger partial charge in [0, 0.05) is 9.75 Å². The molecule has 0 amide bonds. The fraction of sp³-hybridized carbons (Fsp3) is 0.231. The van der Waals surface area contributed by atoms with Crippen LogP contribution in [-0.4, -0.2) is 0 Å². The summed E-state index contributed by atoms with van der Waals surface area (Å²) in [7, 11) is 0. The second kappa shape index (κ2) is 4.50. The molecule has 1 aromatic heterocycles. The first-order valence-corrected chi connectivity index (χ1v) is 6.67. The van der Waals surface area contributed by atoms with E-state index in [2.05, 4.69) is 66.2 Å². The maximum absolute atomic E-state index is 3.74. The number of halogens is 1. The molecule has 0 bridgehead atoms. The molecule has 0 nitrogen and oxygen atoms in total. The lowest BCUT2D eigenvalue weighted by Gasteiger charge is -2.07. The molecule has 1 aromatic carbocycles. The predicted octanol–water partition coefficient (Wildman–Crippen LogP) is 4.85. The minimum atomic E-state index is 0.330. The van der Waals surface area contributed by atoms with Crippen molar-refractivity contribution in [3.63, 3.8) is 0 Å². The van der Waals surface area contributed by atoms with Crippen LogP contribution in [-0.2, 0) is 0 Å². The van der Waals surface area contributed by atoms with Crippen molar-refractivity contribution in [2.45, 2.75) is 18.7 Å². The zero-order chi connectivity index (χ0) is 10.8. The number of aryl methyl sites for hydroxylation is 2. The highest BCUT2D eigenvalue weighted by molar-refractivity contribution is 9.09. The highest BCUT2D eigenvalue weighted by atomic mass is 79.9. The lowest BCUT2D eigenvalue weighted by molar-refractivity contribution is 1.22. The van der Waals surface area contributed by atoms with Gasteiger partial charge in [0.25, 0.3) is 0 Å². The number of thiophene rings is 1. The van der Waals surface area contributed by atoms with Crippen LogP contribution in [0.3, 0.4) is 0 Å². The predicted molar refractivity (Wildman–Crippen MR) is 71.0 cm³/mol.